The first-order valence-corrected chi connectivity index (χ1v) is 11.9. The number of nitrogens with zero attached hydrogens (tertiary/aromatic N) is 3. The van der Waals surface area contributed by atoms with E-state index >= 15 is 0 Å². The van der Waals surface area contributed by atoms with Crippen molar-refractivity contribution < 1.29 is 18.7 Å². The van der Waals surface area contributed by atoms with E-state index in [-0.39, 0.29) is 35.6 Å². The molecule has 2 aromatic heterocycles. The number of ketones is 1. The number of carbonyl (C=O) groups excluding carboxylic acids is 1. The lowest BCUT2D eigenvalue weighted by atomic mass is 10.0. The topological polar surface area (TPSA) is 94.2 Å². The first-order valence-electron chi connectivity index (χ1n) is 11.0. The van der Waals surface area contributed by atoms with Crippen molar-refractivity contribution in [3.63, 3.8) is 0 Å². The van der Waals surface area contributed by atoms with Crippen LogP contribution < -0.4 is 10.3 Å². The van der Waals surface area contributed by atoms with E-state index < -0.39 is 17.2 Å². The number of unbranched alkanes of at least 4 members (excludes halogenated alkanes) is 1. The Morgan fingerprint density at radius 2 is 2.12 bits per heavy atom. The van der Waals surface area contributed by atoms with Crippen LogP contribution in [0.3, 0.4) is 0 Å². The first-order chi connectivity index (χ1) is 16.5. The maximum Gasteiger partial charge on any atom is 0.268 e. The molecule has 0 saturated heterocycles. The molecule has 0 aliphatic carbocycles. The zero-order valence-corrected chi connectivity index (χ0v) is 20.0. The zero-order chi connectivity index (χ0) is 24.5. The van der Waals surface area contributed by atoms with Gasteiger partial charge < -0.3 is 14.0 Å². The molecule has 0 bridgehead atoms. The summed E-state index contributed by atoms with van der Waals surface area (Å²) >= 11 is 1.56. The molecule has 2 heterocycles. The average Bonchev–Trinajstić information content (AvgIpc) is 3.30. The van der Waals surface area contributed by atoms with E-state index in [4.69, 9.17) is 9.47 Å². The Labute approximate surface area is 201 Å². The number of pyridine rings is 1. The number of ether oxygens (including phenoxy) is 2. The summed E-state index contributed by atoms with van der Waals surface area (Å²) in [5.74, 6) is -0.946. The summed E-state index contributed by atoms with van der Waals surface area (Å²) in [5.41, 5.74) is 0.182. The fraction of sp³-hybridized carbons (Fsp3) is 0.360. The van der Waals surface area contributed by atoms with Gasteiger partial charge in [-0.15, -0.1) is 11.3 Å². The van der Waals surface area contributed by atoms with Crippen LogP contribution >= 0.6 is 11.3 Å². The fourth-order valence-corrected chi connectivity index (χ4v) is 4.18. The smallest absolute Gasteiger partial charge is 0.268 e. The molecule has 0 fully saturated rings. The van der Waals surface area contributed by atoms with E-state index in [0.29, 0.717) is 13.0 Å². The summed E-state index contributed by atoms with van der Waals surface area (Å²) < 4.78 is 26.2. The van der Waals surface area contributed by atoms with Crippen LogP contribution in [0.2, 0.25) is 0 Å². The predicted octanol–water partition coefficient (Wildman–Crippen LogP) is 4.50. The number of aromatic nitrogens is 2. The van der Waals surface area contributed by atoms with Crippen molar-refractivity contribution in [2.75, 3.05) is 13.7 Å². The second kappa shape index (κ2) is 12.2. The lowest BCUT2D eigenvalue weighted by Crippen LogP contribution is -2.24. The summed E-state index contributed by atoms with van der Waals surface area (Å²) in [4.78, 5) is 30.3. The normalized spacial score (nSPS) is 10.8. The van der Waals surface area contributed by atoms with E-state index in [9.17, 15) is 19.2 Å². The molecule has 0 saturated carbocycles. The van der Waals surface area contributed by atoms with Crippen LogP contribution in [0.4, 0.5) is 4.39 Å². The molecule has 178 valence electrons. The van der Waals surface area contributed by atoms with Crippen molar-refractivity contribution in [2.45, 2.75) is 45.8 Å². The van der Waals surface area contributed by atoms with Gasteiger partial charge in [-0.05, 0) is 43.5 Å². The Hall–Kier alpha value is -3.35. The van der Waals surface area contributed by atoms with Gasteiger partial charge in [0, 0.05) is 37.4 Å². The van der Waals surface area contributed by atoms with E-state index in [1.807, 2.05) is 11.4 Å². The largest absolute Gasteiger partial charge is 0.486 e. The molecule has 0 aliphatic heterocycles. The van der Waals surface area contributed by atoms with Gasteiger partial charge in [-0.25, -0.2) is 9.37 Å². The number of methoxy groups -OCH3 is 1. The first kappa shape index (κ1) is 25.3. The number of halogens is 1. The number of benzene rings is 1. The van der Waals surface area contributed by atoms with Crippen LogP contribution in [0.25, 0.3) is 0 Å². The highest BCUT2D eigenvalue weighted by Gasteiger charge is 2.19. The molecule has 1 aromatic carbocycles. The molecule has 0 unspecified atom stereocenters. The van der Waals surface area contributed by atoms with Gasteiger partial charge in [-0.3, -0.25) is 9.59 Å². The molecule has 0 aliphatic rings. The van der Waals surface area contributed by atoms with Gasteiger partial charge in [0.05, 0.1) is 16.3 Å². The number of hydrogen-bond acceptors (Lipinski definition) is 7. The van der Waals surface area contributed by atoms with Crippen molar-refractivity contribution in [1.29, 1.82) is 5.26 Å². The zero-order valence-electron chi connectivity index (χ0n) is 19.2. The number of hydrogen-bond donors (Lipinski definition) is 0. The molecule has 3 aromatic rings. The number of aryl methyl sites for hydroxylation is 2. The van der Waals surface area contributed by atoms with Crippen molar-refractivity contribution in [1.82, 2.24) is 9.55 Å². The molecule has 0 radical (unpaired) electrons. The molecule has 0 amide bonds. The maximum atomic E-state index is 14.1. The summed E-state index contributed by atoms with van der Waals surface area (Å²) in [6, 6.07) is 6.77. The lowest BCUT2D eigenvalue weighted by Gasteiger charge is -2.12. The average molecular weight is 484 g/mol. The molecule has 0 N–H and O–H groups in total. The predicted molar refractivity (Wildman–Crippen MR) is 127 cm³/mol. The van der Waals surface area contributed by atoms with Crippen molar-refractivity contribution >= 4 is 17.1 Å². The highest BCUT2D eigenvalue weighted by atomic mass is 32.1. The van der Waals surface area contributed by atoms with Crippen molar-refractivity contribution in [2.24, 2.45) is 0 Å². The van der Waals surface area contributed by atoms with Gasteiger partial charge in [0.1, 0.15) is 29.8 Å². The van der Waals surface area contributed by atoms with Gasteiger partial charge in [0.15, 0.2) is 5.78 Å². The minimum Gasteiger partial charge on any atom is -0.486 e. The second-order valence-electron chi connectivity index (χ2n) is 7.69. The Balaban J connectivity index is 1.86. The molecule has 3 rings (SSSR count). The van der Waals surface area contributed by atoms with Crippen LogP contribution in [0.1, 0.15) is 58.4 Å². The summed E-state index contributed by atoms with van der Waals surface area (Å²) in [7, 11) is 1.55. The maximum absolute atomic E-state index is 14.1. The van der Waals surface area contributed by atoms with Crippen molar-refractivity contribution in [3.8, 4) is 11.8 Å². The Bertz CT molecular complexity index is 1250. The number of rotatable bonds is 12. The monoisotopic (exact) mass is 483 g/mol. The summed E-state index contributed by atoms with van der Waals surface area (Å²) in [6.07, 6.45) is 4.96. The third-order valence-corrected chi connectivity index (χ3v) is 6.08. The third kappa shape index (κ3) is 6.37. The highest BCUT2D eigenvalue weighted by Crippen LogP contribution is 2.25. The van der Waals surface area contributed by atoms with Gasteiger partial charge >= 0.3 is 0 Å². The molecule has 7 nitrogen and oxygen atoms in total. The van der Waals surface area contributed by atoms with Gasteiger partial charge in [0.2, 0.25) is 0 Å². The standard InChI is InChI=1S/C25H26FN3O4S/c1-3-4-6-23-28-20(16-34-23)15-33-22-8-7-19(26)12-21(22)24(30)18-11-17(13-27)25(31)29(14-18)9-5-10-32-2/h7-8,11-12,14,16H,3-6,9-10,15H2,1-2H3. The van der Waals surface area contributed by atoms with E-state index in [1.54, 1.807) is 18.4 Å². The van der Waals surface area contributed by atoms with Crippen LogP contribution in [0, 0.1) is 17.1 Å². The quantitative estimate of drug-likeness (QED) is 0.278. The van der Waals surface area contributed by atoms with E-state index in [1.165, 1.54) is 29.0 Å². The van der Waals surface area contributed by atoms with E-state index in [0.717, 1.165) is 36.0 Å². The van der Waals surface area contributed by atoms with E-state index in [2.05, 4.69) is 11.9 Å². The highest BCUT2D eigenvalue weighted by molar-refractivity contribution is 7.09. The van der Waals surface area contributed by atoms with Crippen molar-refractivity contribution in [3.05, 3.63) is 79.4 Å². The summed E-state index contributed by atoms with van der Waals surface area (Å²) in [5, 5.41) is 12.3. The number of nitriles is 1. The minimum absolute atomic E-state index is 0.00687. The Morgan fingerprint density at radius 1 is 1.29 bits per heavy atom. The lowest BCUT2D eigenvalue weighted by molar-refractivity contribution is 0.103. The molecular formula is C25H26FN3O4S. The number of carbonyl (C=O) groups is 1. The van der Waals surface area contributed by atoms with Crippen LogP contribution in [0.15, 0.2) is 40.6 Å². The van der Waals surface area contributed by atoms with Crippen LogP contribution in [-0.4, -0.2) is 29.1 Å². The molecule has 0 atom stereocenters. The molecule has 0 spiro atoms. The van der Waals surface area contributed by atoms with Gasteiger partial charge in [-0.1, -0.05) is 13.3 Å². The second-order valence-corrected chi connectivity index (χ2v) is 8.64. The molecular weight excluding hydrogens is 457 g/mol. The Morgan fingerprint density at radius 3 is 2.85 bits per heavy atom. The number of thiazole rings is 1. The SMILES string of the molecule is CCCCc1nc(COc2ccc(F)cc2C(=O)c2cc(C#N)c(=O)n(CCCOC)c2)cs1. The molecule has 9 heteroatoms. The van der Waals surface area contributed by atoms with Gasteiger partial charge in [0.25, 0.3) is 5.56 Å². The minimum atomic E-state index is -0.597. The third-order valence-electron chi connectivity index (χ3n) is 5.12. The van der Waals surface area contributed by atoms with Gasteiger partial charge in [-0.2, -0.15) is 5.26 Å². The Kier molecular flexibility index (Phi) is 9.08. The van der Waals surface area contributed by atoms with Crippen LogP contribution in [-0.2, 0) is 24.3 Å². The van der Waals surface area contributed by atoms with Crippen LogP contribution in [0.5, 0.6) is 5.75 Å². The molecule has 34 heavy (non-hydrogen) atoms. The fourth-order valence-electron chi connectivity index (χ4n) is 3.36. The summed E-state index contributed by atoms with van der Waals surface area (Å²) in [6.45, 7) is 2.95.